The third-order valence-electron chi connectivity index (χ3n) is 7.62. The van der Waals surface area contributed by atoms with Crippen LogP contribution >= 0.6 is 0 Å². The number of nitrogens with zero attached hydrogens (tertiary/aromatic N) is 8. The molecule has 4 aromatic rings. The summed E-state index contributed by atoms with van der Waals surface area (Å²) in [5.41, 5.74) is 4.24. The van der Waals surface area contributed by atoms with E-state index in [1.54, 1.807) is 0 Å². The second-order valence-electron chi connectivity index (χ2n) is 9.75. The number of piperazine rings is 1. The summed E-state index contributed by atoms with van der Waals surface area (Å²) in [7, 11) is 2.22. The van der Waals surface area contributed by atoms with E-state index in [1.165, 1.54) is 51.9 Å². The second-order valence-corrected chi connectivity index (χ2v) is 9.75. The Morgan fingerprint density at radius 1 is 0.971 bits per heavy atom. The van der Waals surface area contributed by atoms with E-state index in [1.807, 2.05) is 29.3 Å². The Bertz CT molecular complexity index is 1280. The molecule has 0 bridgehead atoms. The summed E-state index contributed by atoms with van der Waals surface area (Å²) in [5.74, 6) is 1.43. The largest absolute Gasteiger partial charge is 0.350 e. The Morgan fingerprint density at radius 3 is 2.56 bits per heavy atom. The fourth-order valence-corrected chi connectivity index (χ4v) is 5.49. The lowest BCUT2D eigenvalue weighted by Gasteiger charge is -2.41. The molecule has 178 valence electrons. The molecule has 9 heteroatoms. The third kappa shape index (κ3) is 4.03. The molecule has 1 saturated carbocycles. The van der Waals surface area contributed by atoms with E-state index >= 15 is 0 Å². The monoisotopic (exact) mass is 459 g/mol. The first kappa shape index (κ1) is 21.5. The van der Waals surface area contributed by atoms with Crippen LogP contribution < -0.4 is 5.32 Å². The number of anilines is 1. The van der Waals surface area contributed by atoms with Crippen LogP contribution in [0.4, 0.5) is 5.95 Å². The van der Waals surface area contributed by atoms with Crippen LogP contribution in [0.2, 0.25) is 0 Å². The minimum absolute atomic E-state index is 0.441. The molecule has 1 aliphatic heterocycles. The first-order valence-corrected chi connectivity index (χ1v) is 12.5. The molecule has 0 spiro atoms. The zero-order valence-corrected chi connectivity index (χ0v) is 20.1. The van der Waals surface area contributed by atoms with Gasteiger partial charge in [0.25, 0.3) is 0 Å². The van der Waals surface area contributed by atoms with Crippen molar-refractivity contribution in [2.45, 2.75) is 51.1 Å². The van der Waals surface area contributed by atoms with Crippen molar-refractivity contribution >= 4 is 17.2 Å². The predicted octanol–water partition coefficient (Wildman–Crippen LogP) is 2.97. The average molecular weight is 460 g/mol. The Morgan fingerprint density at radius 2 is 1.76 bits per heavy atom. The summed E-state index contributed by atoms with van der Waals surface area (Å²) in [6.07, 6.45) is 15.6. The van der Waals surface area contributed by atoms with Gasteiger partial charge >= 0.3 is 0 Å². The standard InChI is InChI=1S/C25H33N9/c1-3-20-15-28-25-27-14-18(17-33(20)25)22-8-9-34-23(22)16-26-24(30-34)29-19-4-6-21(7-5-19)32-12-10-31(2)11-13-32/h8-9,14-17,19,21H,3-7,10-13H2,1-2H3,(H,29,30). The van der Waals surface area contributed by atoms with Gasteiger partial charge in [-0.2, -0.15) is 0 Å². The first-order valence-electron chi connectivity index (χ1n) is 12.5. The maximum atomic E-state index is 4.76. The van der Waals surface area contributed by atoms with Crippen LogP contribution in [0.25, 0.3) is 22.4 Å². The van der Waals surface area contributed by atoms with E-state index in [2.05, 4.69) is 60.7 Å². The maximum Gasteiger partial charge on any atom is 0.241 e. The van der Waals surface area contributed by atoms with Gasteiger partial charge in [-0.15, -0.1) is 5.10 Å². The van der Waals surface area contributed by atoms with Crippen molar-refractivity contribution in [3.05, 3.63) is 42.7 Å². The smallest absolute Gasteiger partial charge is 0.241 e. The summed E-state index contributed by atoms with van der Waals surface area (Å²) in [5, 5.41) is 8.35. The molecule has 2 aliphatic rings. The van der Waals surface area contributed by atoms with Crippen molar-refractivity contribution in [1.82, 2.24) is 38.8 Å². The van der Waals surface area contributed by atoms with E-state index < -0.39 is 0 Å². The van der Waals surface area contributed by atoms with Gasteiger partial charge in [0, 0.05) is 73.7 Å². The molecule has 6 rings (SSSR count). The van der Waals surface area contributed by atoms with Crippen molar-refractivity contribution in [2.75, 3.05) is 38.5 Å². The number of likely N-dealkylation sites (N-methyl/N-ethyl adjacent to an activating group) is 1. The summed E-state index contributed by atoms with van der Waals surface area (Å²) < 4.78 is 3.98. The van der Waals surface area contributed by atoms with Crippen LogP contribution in [0.3, 0.4) is 0 Å². The molecule has 0 atom stereocenters. The van der Waals surface area contributed by atoms with E-state index in [0.29, 0.717) is 12.0 Å². The minimum Gasteiger partial charge on any atom is -0.350 e. The molecule has 0 radical (unpaired) electrons. The topological polar surface area (TPSA) is 78.9 Å². The average Bonchev–Trinajstić information content (AvgIpc) is 3.48. The van der Waals surface area contributed by atoms with Gasteiger partial charge in [-0.05, 0) is 45.2 Å². The van der Waals surface area contributed by atoms with Crippen molar-refractivity contribution in [1.29, 1.82) is 0 Å². The molecule has 34 heavy (non-hydrogen) atoms. The number of imidazole rings is 1. The van der Waals surface area contributed by atoms with Gasteiger partial charge in [-0.25, -0.2) is 19.5 Å². The maximum absolute atomic E-state index is 4.76. The molecule has 1 N–H and O–H groups in total. The minimum atomic E-state index is 0.441. The molecule has 2 fully saturated rings. The quantitative estimate of drug-likeness (QED) is 0.492. The number of hydrogen-bond donors (Lipinski definition) is 1. The highest BCUT2D eigenvalue weighted by Crippen LogP contribution is 2.27. The second kappa shape index (κ2) is 8.96. The highest BCUT2D eigenvalue weighted by Gasteiger charge is 2.28. The SMILES string of the molecule is CCc1cnc2ncc(-c3ccn4nc(NC5CCC(N6CCN(C)CC6)CC5)ncc34)cn12. The summed E-state index contributed by atoms with van der Waals surface area (Å²) in [6, 6.07) is 3.26. The Balaban J connectivity index is 1.14. The van der Waals surface area contributed by atoms with E-state index in [9.17, 15) is 0 Å². The van der Waals surface area contributed by atoms with Crippen molar-refractivity contribution in [3.63, 3.8) is 0 Å². The zero-order valence-electron chi connectivity index (χ0n) is 20.1. The third-order valence-corrected chi connectivity index (χ3v) is 7.62. The number of nitrogens with one attached hydrogen (secondary N) is 1. The van der Waals surface area contributed by atoms with Gasteiger partial charge in [0.1, 0.15) is 0 Å². The van der Waals surface area contributed by atoms with Gasteiger partial charge < -0.3 is 10.2 Å². The normalized spacial score (nSPS) is 22.5. The van der Waals surface area contributed by atoms with Gasteiger partial charge in [-0.1, -0.05) is 6.92 Å². The molecule has 4 aromatic heterocycles. The lowest BCUT2D eigenvalue weighted by Crippen LogP contribution is -2.50. The summed E-state index contributed by atoms with van der Waals surface area (Å²) in [6.45, 7) is 6.93. The number of fused-ring (bicyclic) bond motifs is 2. The van der Waals surface area contributed by atoms with Crippen LogP contribution in [0.5, 0.6) is 0 Å². The lowest BCUT2D eigenvalue weighted by atomic mass is 9.90. The number of aryl methyl sites for hydroxylation is 1. The van der Waals surface area contributed by atoms with E-state index in [0.717, 1.165) is 40.6 Å². The summed E-state index contributed by atoms with van der Waals surface area (Å²) in [4.78, 5) is 18.7. The lowest BCUT2D eigenvalue weighted by molar-refractivity contribution is 0.0893. The van der Waals surface area contributed by atoms with Crippen LogP contribution in [-0.2, 0) is 6.42 Å². The molecule has 1 aliphatic carbocycles. The molecular formula is C25H33N9. The van der Waals surface area contributed by atoms with Gasteiger partial charge in [0.05, 0.1) is 17.9 Å². The Labute approximate surface area is 199 Å². The van der Waals surface area contributed by atoms with Gasteiger partial charge in [0.2, 0.25) is 11.7 Å². The Kier molecular flexibility index (Phi) is 5.66. The van der Waals surface area contributed by atoms with E-state index in [-0.39, 0.29) is 0 Å². The molecule has 0 amide bonds. The molecule has 0 unspecified atom stereocenters. The summed E-state index contributed by atoms with van der Waals surface area (Å²) >= 11 is 0. The highest BCUT2D eigenvalue weighted by molar-refractivity contribution is 5.79. The molecular weight excluding hydrogens is 426 g/mol. The van der Waals surface area contributed by atoms with Crippen molar-refractivity contribution in [3.8, 4) is 11.1 Å². The number of aromatic nitrogens is 6. The first-order chi connectivity index (χ1) is 16.7. The molecule has 5 heterocycles. The van der Waals surface area contributed by atoms with Crippen molar-refractivity contribution in [2.24, 2.45) is 0 Å². The van der Waals surface area contributed by atoms with Crippen LogP contribution in [0.15, 0.2) is 37.1 Å². The highest BCUT2D eigenvalue weighted by atomic mass is 15.3. The van der Waals surface area contributed by atoms with Crippen LogP contribution in [0.1, 0.15) is 38.3 Å². The Hall–Kier alpha value is -3.04. The molecule has 1 saturated heterocycles. The van der Waals surface area contributed by atoms with Crippen LogP contribution in [0, 0.1) is 0 Å². The fraction of sp³-hybridized carbons (Fsp3) is 0.520. The van der Waals surface area contributed by atoms with Crippen LogP contribution in [-0.4, -0.2) is 84.1 Å². The fourth-order valence-electron chi connectivity index (χ4n) is 5.49. The number of hydrogen-bond acceptors (Lipinski definition) is 7. The molecule has 9 nitrogen and oxygen atoms in total. The predicted molar refractivity (Wildman–Crippen MR) is 133 cm³/mol. The van der Waals surface area contributed by atoms with Gasteiger partial charge in [0.15, 0.2) is 0 Å². The van der Waals surface area contributed by atoms with Gasteiger partial charge in [-0.3, -0.25) is 9.30 Å². The van der Waals surface area contributed by atoms with E-state index in [4.69, 9.17) is 5.10 Å². The molecule has 0 aromatic carbocycles. The number of rotatable bonds is 5. The zero-order chi connectivity index (χ0) is 23.1. The van der Waals surface area contributed by atoms with Crippen molar-refractivity contribution < 1.29 is 0 Å².